The summed E-state index contributed by atoms with van der Waals surface area (Å²) in [7, 11) is 0. The highest BCUT2D eigenvalue weighted by Crippen LogP contribution is 2.09. The molecule has 0 atom stereocenters. The maximum absolute atomic E-state index is 11.3. The molecule has 0 unspecified atom stereocenters. The topological polar surface area (TPSA) is 26.3 Å². The number of carbonyl (C=O) groups excluding carboxylic acids is 1. The number of allylic oxidation sites excluding steroid dienone is 2. The Hall–Kier alpha value is -1.05. The van der Waals surface area contributed by atoms with Gasteiger partial charge in [0.15, 0.2) is 0 Å². The van der Waals surface area contributed by atoms with Crippen molar-refractivity contribution >= 4 is 5.97 Å². The number of hydrogen-bond donors (Lipinski definition) is 0. The van der Waals surface area contributed by atoms with Gasteiger partial charge in [-0.05, 0) is 33.1 Å². The van der Waals surface area contributed by atoms with Crippen molar-refractivity contribution in [2.24, 2.45) is 0 Å². The van der Waals surface area contributed by atoms with Crippen LogP contribution in [0.15, 0.2) is 24.3 Å². The predicted molar refractivity (Wildman–Crippen MR) is 77.5 cm³/mol. The highest BCUT2D eigenvalue weighted by Gasteiger charge is 2.03. The van der Waals surface area contributed by atoms with E-state index in [1.807, 2.05) is 13.0 Å². The van der Waals surface area contributed by atoms with Crippen molar-refractivity contribution in [1.29, 1.82) is 0 Å². The molecule has 0 bridgehead atoms. The standard InChI is InChI=1S/C16H28O2/c1-4-6-7-8-9-10-11-12-13-14-18-16(17)15(3)5-2/h4-5H,1,6-14H2,2-3H3/b15-5+. The van der Waals surface area contributed by atoms with E-state index >= 15 is 0 Å². The second kappa shape index (κ2) is 12.4. The summed E-state index contributed by atoms with van der Waals surface area (Å²) in [6, 6.07) is 0. The first-order chi connectivity index (χ1) is 8.72. The van der Waals surface area contributed by atoms with Crippen LogP contribution < -0.4 is 0 Å². The van der Waals surface area contributed by atoms with Crippen molar-refractivity contribution in [1.82, 2.24) is 0 Å². The van der Waals surface area contributed by atoms with Gasteiger partial charge in [-0.15, -0.1) is 6.58 Å². The Morgan fingerprint density at radius 1 is 1.06 bits per heavy atom. The molecular formula is C16H28O2. The van der Waals surface area contributed by atoms with Gasteiger partial charge in [-0.1, -0.05) is 44.3 Å². The van der Waals surface area contributed by atoms with Crippen molar-refractivity contribution in [3.8, 4) is 0 Å². The Kier molecular flexibility index (Phi) is 11.7. The van der Waals surface area contributed by atoms with E-state index in [2.05, 4.69) is 6.58 Å². The second-order valence-corrected chi connectivity index (χ2v) is 4.66. The predicted octanol–water partition coefficient (Wildman–Crippen LogP) is 4.80. The van der Waals surface area contributed by atoms with Gasteiger partial charge in [0.05, 0.1) is 6.61 Å². The fraction of sp³-hybridized carbons (Fsp3) is 0.688. The fourth-order valence-corrected chi connectivity index (χ4v) is 1.67. The summed E-state index contributed by atoms with van der Waals surface area (Å²) >= 11 is 0. The lowest BCUT2D eigenvalue weighted by atomic mass is 10.1. The van der Waals surface area contributed by atoms with Crippen LogP contribution in [0.3, 0.4) is 0 Å². The van der Waals surface area contributed by atoms with E-state index < -0.39 is 0 Å². The van der Waals surface area contributed by atoms with Gasteiger partial charge in [0.1, 0.15) is 0 Å². The highest BCUT2D eigenvalue weighted by molar-refractivity contribution is 5.87. The number of carbonyl (C=O) groups is 1. The van der Waals surface area contributed by atoms with Gasteiger partial charge in [0, 0.05) is 5.57 Å². The first-order valence-electron chi connectivity index (χ1n) is 7.13. The average Bonchev–Trinajstić information content (AvgIpc) is 2.39. The molecule has 0 fully saturated rings. The van der Waals surface area contributed by atoms with Gasteiger partial charge >= 0.3 is 5.97 Å². The summed E-state index contributed by atoms with van der Waals surface area (Å²) in [5.74, 6) is -0.179. The van der Waals surface area contributed by atoms with E-state index in [1.165, 1.54) is 32.1 Å². The van der Waals surface area contributed by atoms with Crippen molar-refractivity contribution in [2.75, 3.05) is 6.61 Å². The molecule has 0 aliphatic rings. The summed E-state index contributed by atoms with van der Waals surface area (Å²) in [6.07, 6.45) is 13.5. The number of esters is 1. The van der Waals surface area contributed by atoms with Crippen LogP contribution in [0.2, 0.25) is 0 Å². The summed E-state index contributed by atoms with van der Waals surface area (Å²) in [5, 5.41) is 0. The van der Waals surface area contributed by atoms with E-state index in [0.717, 1.165) is 19.3 Å². The number of ether oxygens (including phenoxy) is 1. The minimum absolute atomic E-state index is 0.179. The molecule has 0 radical (unpaired) electrons. The van der Waals surface area contributed by atoms with Crippen LogP contribution in [-0.4, -0.2) is 12.6 Å². The monoisotopic (exact) mass is 252 g/mol. The number of rotatable bonds is 11. The molecule has 0 aliphatic carbocycles. The molecule has 104 valence electrons. The Bertz CT molecular complexity index is 254. The van der Waals surface area contributed by atoms with Crippen molar-refractivity contribution < 1.29 is 9.53 Å². The molecule has 0 amide bonds. The van der Waals surface area contributed by atoms with Gasteiger partial charge in [0.2, 0.25) is 0 Å². The molecule has 0 spiro atoms. The van der Waals surface area contributed by atoms with Gasteiger partial charge in [-0.3, -0.25) is 0 Å². The van der Waals surface area contributed by atoms with Crippen LogP contribution in [0.5, 0.6) is 0 Å². The van der Waals surface area contributed by atoms with Crippen LogP contribution in [0.25, 0.3) is 0 Å². The van der Waals surface area contributed by atoms with Crippen molar-refractivity contribution in [3.05, 3.63) is 24.3 Å². The number of unbranched alkanes of at least 4 members (excludes halogenated alkanes) is 7. The molecule has 0 heterocycles. The molecule has 2 nitrogen and oxygen atoms in total. The minimum atomic E-state index is -0.179. The molecule has 2 heteroatoms. The van der Waals surface area contributed by atoms with Crippen LogP contribution >= 0.6 is 0 Å². The molecule has 0 saturated heterocycles. The molecule has 18 heavy (non-hydrogen) atoms. The van der Waals surface area contributed by atoms with E-state index in [9.17, 15) is 4.79 Å². The third-order valence-corrected chi connectivity index (χ3v) is 3.04. The lowest BCUT2D eigenvalue weighted by Crippen LogP contribution is -2.06. The molecule has 0 aliphatic heterocycles. The van der Waals surface area contributed by atoms with E-state index in [-0.39, 0.29) is 5.97 Å². The number of hydrogen-bond acceptors (Lipinski definition) is 2. The fourth-order valence-electron chi connectivity index (χ4n) is 1.67. The highest BCUT2D eigenvalue weighted by atomic mass is 16.5. The first kappa shape index (κ1) is 16.9. The smallest absolute Gasteiger partial charge is 0.333 e. The molecule has 0 aromatic rings. The van der Waals surface area contributed by atoms with E-state index in [4.69, 9.17) is 4.74 Å². The quantitative estimate of drug-likeness (QED) is 0.228. The van der Waals surface area contributed by atoms with Gasteiger partial charge in [-0.25, -0.2) is 4.79 Å². The third-order valence-electron chi connectivity index (χ3n) is 3.04. The third kappa shape index (κ3) is 10.1. The minimum Gasteiger partial charge on any atom is -0.462 e. The van der Waals surface area contributed by atoms with Gasteiger partial charge < -0.3 is 4.74 Å². The van der Waals surface area contributed by atoms with E-state index in [0.29, 0.717) is 12.2 Å². The summed E-state index contributed by atoms with van der Waals surface area (Å²) in [5.41, 5.74) is 0.692. The summed E-state index contributed by atoms with van der Waals surface area (Å²) in [6.45, 7) is 7.91. The molecule has 0 saturated carbocycles. The lowest BCUT2D eigenvalue weighted by molar-refractivity contribution is -0.139. The van der Waals surface area contributed by atoms with Crippen molar-refractivity contribution in [2.45, 2.75) is 65.2 Å². The molecular weight excluding hydrogens is 224 g/mol. The lowest BCUT2D eigenvalue weighted by Gasteiger charge is -2.04. The Balaban J connectivity index is 3.21. The average molecular weight is 252 g/mol. The maximum Gasteiger partial charge on any atom is 0.333 e. The van der Waals surface area contributed by atoms with Crippen LogP contribution in [-0.2, 0) is 9.53 Å². The summed E-state index contributed by atoms with van der Waals surface area (Å²) < 4.78 is 5.14. The summed E-state index contributed by atoms with van der Waals surface area (Å²) in [4.78, 5) is 11.3. The maximum atomic E-state index is 11.3. The molecule has 0 N–H and O–H groups in total. The Labute approximate surface area is 112 Å². The van der Waals surface area contributed by atoms with Crippen LogP contribution in [0.1, 0.15) is 65.2 Å². The van der Waals surface area contributed by atoms with Crippen LogP contribution in [0.4, 0.5) is 0 Å². The Morgan fingerprint density at radius 3 is 2.17 bits per heavy atom. The van der Waals surface area contributed by atoms with Gasteiger partial charge in [-0.2, -0.15) is 0 Å². The molecule has 0 rings (SSSR count). The van der Waals surface area contributed by atoms with E-state index in [1.54, 1.807) is 13.0 Å². The Morgan fingerprint density at radius 2 is 1.61 bits per heavy atom. The zero-order chi connectivity index (χ0) is 13.6. The van der Waals surface area contributed by atoms with Gasteiger partial charge in [0.25, 0.3) is 0 Å². The first-order valence-corrected chi connectivity index (χ1v) is 7.13. The second-order valence-electron chi connectivity index (χ2n) is 4.66. The molecule has 0 aromatic carbocycles. The van der Waals surface area contributed by atoms with Crippen molar-refractivity contribution in [3.63, 3.8) is 0 Å². The zero-order valence-electron chi connectivity index (χ0n) is 12.0. The largest absolute Gasteiger partial charge is 0.462 e. The zero-order valence-corrected chi connectivity index (χ0v) is 12.0. The van der Waals surface area contributed by atoms with Crippen LogP contribution in [0, 0.1) is 0 Å². The molecule has 0 aromatic heterocycles. The normalized spacial score (nSPS) is 11.3. The SMILES string of the molecule is C=CCCCCCCCCCOC(=O)/C(C)=C/C.